The Morgan fingerprint density at radius 2 is 1.35 bits per heavy atom. The third kappa shape index (κ3) is 4.57. The monoisotopic (exact) mass is 344 g/mol. The van der Waals surface area contributed by atoms with E-state index in [9.17, 15) is 13.9 Å². The van der Waals surface area contributed by atoms with Crippen molar-refractivity contribution < 1.29 is 13.9 Å². The summed E-state index contributed by atoms with van der Waals surface area (Å²) in [4.78, 5) is 0. The molecular weight excluding hydrogens is 310 g/mol. The molecule has 0 heterocycles. The Balaban J connectivity index is 3.07. The highest BCUT2D eigenvalue weighted by Gasteiger charge is 2.45. The van der Waals surface area contributed by atoms with Crippen LogP contribution in [0.2, 0.25) is 16.6 Å². The first-order valence-corrected chi connectivity index (χ1v) is 11.4. The van der Waals surface area contributed by atoms with E-state index in [4.69, 9.17) is 0 Å². The van der Waals surface area contributed by atoms with E-state index in [0.717, 1.165) is 19.3 Å². The number of hydrogen-bond acceptors (Lipinski definition) is 1. The maximum atomic E-state index is 14.5. The van der Waals surface area contributed by atoms with Crippen LogP contribution >= 0.6 is 0 Å². The van der Waals surface area contributed by atoms with Gasteiger partial charge in [-0.05, 0) is 41.3 Å². The molecule has 1 nitrogen and oxygen atoms in total. The second-order valence-electron chi connectivity index (χ2n) is 8.11. The highest BCUT2D eigenvalue weighted by molar-refractivity contribution is 6.90. The first-order valence-electron chi connectivity index (χ1n) is 9.15. The van der Waals surface area contributed by atoms with Gasteiger partial charge in [-0.15, -0.1) is 5.54 Å². The Morgan fingerprint density at radius 1 is 0.913 bits per heavy atom. The summed E-state index contributed by atoms with van der Waals surface area (Å²) >= 11 is 0. The largest absolute Gasteiger partial charge is 0.385 e. The summed E-state index contributed by atoms with van der Waals surface area (Å²) in [5.41, 5.74) is 4.02. The van der Waals surface area contributed by atoms with Crippen LogP contribution in [0.3, 0.4) is 0 Å². The van der Waals surface area contributed by atoms with E-state index >= 15 is 0 Å². The van der Waals surface area contributed by atoms with Gasteiger partial charge in [0.1, 0.15) is 14.2 Å². The Hall–Kier alpha value is -0.403. The van der Waals surface area contributed by atoms with E-state index in [1.807, 2.05) is 0 Å². The van der Waals surface area contributed by atoms with E-state index in [1.165, 1.54) is 0 Å². The zero-order valence-electron chi connectivity index (χ0n) is 15.6. The lowest BCUT2D eigenvalue weighted by atomic mass is 9.83. The van der Waals surface area contributed by atoms with Crippen LogP contribution in [-0.2, 0) is 0 Å². The van der Waals surface area contributed by atoms with Crippen molar-refractivity contribution in [2.24, 2.45) is 5.92 Å². The molecule has 1 rings (SSSR count). The summed E-state index contributed by atoms with van der Waals surface area (Å²) < 4.78 is 29.0. The average Bonchev–Trinajstić information content (AvgIpc) is 2.46. The van der Waals surface area contributed by atoms with Crippen LogP contribution in [0.5, 0.6) is 0 Å². The average molecular weight is 345 g/mol. The van der Waals surface area contributed by atoms with Crippen molar-refractivity contribution in [2.75, 3.05) is 0 Å². The summed E-state index contributed by atoms with van der Waals surface area (Å²) in [6.07, 6.45) is 2.74. The van der Waals surface area contributed by atoms with Gasteiger partial charge in [0.25, 0.3) is 0 Å². The second-order valence-corrected chi connectivity index (χ2v) is 13.7. The number of alkyl halides is 2. The molecule has 1 N–H and O–H groups in total. The zero-order valence-corrected chi connectivity index (χ0v) is 16.6. The van der Waals surface area contributed by atoms with E-state index in [1.54, 1.807) is 0 Å². The van der Waals surface area contributed by atoms with E-state index in [0.29, 0.717) is 29.5 Å². The number of rotatable bonds is 5. The lowest BCUT2D eigenvalue weighted by molar-refractivity contribution is -0.0955. The van der Waals surface area contributed by atoms with Gasteiger partial charge in [0, 0.05) is 0 Å². The van der Waals surface area contributed by atoms with Crippen molar-refractivity contribution in [3.05, 3.63) is 0 Å². The molecule has 0 aliphatic heterocycles. The van der Waals surface area contributed by atoms with Crippen molar-refractivity contribution in [3.8, 4) is 11.5 Å². The molecule has 0 radical (unpaired) electrons. The topological polar surface area (TPSA) is 20.2 Å². The molecule has 1 aliphatic carbocycles. The van der Waals surface area contributed by atoms with Gasteiger partial charge in [0.15, 0.2) is 0 Å². The molecule has 1 aliphatic rings. The van der Waals surface area contributed by atoms with Crippen LogP contribution in [0.1, 0.15) is 73.6 Å². The fourth-order valence-electron chi connectivity index (χ4n) is 4.44. The third-order valence-electron chi connectivity index (χ3n) is 5.78. The van der Waals surface area contributed by atoms with Crippen LogP contribution in [-0.4, -0.2) is 25.2 Å². The number of aliphatic hydroxyl groups excluding tert-OH is 1. The molecule has 23 heavy (non-hydrogen) atoms. The summed E-state index contributed by atoms with van der Waals surface area (Å²) in [6, 6.07) is 0. The minimum atomic E-state index is -3.29. The van der Waals surface area contributed by atoms with Gasteiger partial charge >= 0.3 is 5.92 Å². The van der Waals surface area contributed by atoms with E-state index in [-0.39, 0.29) is 5.92 Å². The van der Waals surface area contributed by atoms with Crippen molar-refractivity contribution in [3.63, 3.8) is 0 Å². The zero-order chi connectivity index (χ0) is 17.8. The molecule has 1 saturated carbocycles. The highest BCUT2D eigenvalue weighted by atomic mass is 28.3. The van der Waals surface area contributed by atoms with Crippen LogP contribution in [0, 0.1) is 17.4 Å². The molecule has 0 bridgehead atoms. The van der Waals surface area contributed by atoms with Gasteiger partial charge in [-0.3, -0.25) is 0 Å². The highest BCUT2D eigenvalue weighted by Crippen LogP contribution is 2.41. The normalized spacial score (nSPS) is 19.1. The van der Waals surface area contributed by atoms with Gasteiger partial charge in [-0.2, -0.15) is 8.78 Å². The van der Waals surface area contributed by atoms with Crippen molar-refractivity contribution >= 4 is 8.07 Å². The summed E-state index contributed by atoms with van der Waals surface area (Å²) in [5, 5.41) is 10.2. The molecule has 0 aromatic carbocycles. The van der Waals surface area contributed by atoms with Gasteiger partial charge in [0.2, 0.25) is 0 Å². The minimum absolute atomic E-state index is 0.304. The summed E-state index contributed by atoms with van der Waals surface area (Å²) in [7, 11) is -2.18. The molecule has 0 aromatic rings. The van der Waals surface area contributed by atoms with Gasteiger partial charge in [0.05, 0.1) is 0 Å². The van der Waals surface area contributed by atoms with Gasteiger partial charge in [-0.25, -0.2) is 0 Å². The fourth-order valence-corrected chi connectivity index (χ4v) is 9.69. The summed E-state index contributed by atoms with van der Waals surface area (Å²) in [5.74, 6) is -1.33. The maximum absolute atomic E-state index is 14.5. The predicted octanol–water partition coefficient (Wildman–Crippen LogP) is 5.78. The second kappa shape index (κ2) is 8.12. The first-order chi connectivity index (χ1) is 10.6. The minimum Gasteiger partial charge on any atom is -0.385 e. The Kier molecular flexibility index (Phi) is 7.28. The molecule has 1 atom stereocenters. The van der Waals surface area contributed by atoms with Crippen LogP contribution in [0.4, 0.5) is 8.78 Å². The number of halogens is 2. The Labute approximate surface area is 142 Å². The van der Waals surface area contributed by atoms with Crippen molar-refractivity contribution in [2.45, 2.75) is 102 Å². The molecule has 0 aromatic heterocycles. The maximum Gasteiger partial charge on any atom is 0.333 e. The van der Waals surface area contributed by atoms with Gasteiger partial charge < -0.3 is 5.11 Å². The lowest BCUT2D eigenvalue weighted by Gasteiger charge is -2.38. The van der Waals surface area contributed by atoms with Crippen molar-refractivity contribution in [1.82, 2.24) is 0 Å². The number of aliphatic hydroxyl groups is 1. The van der Waals surface area contributed by atoms with Crippen LogP contribution in [0.15, 0.2) is 0 Å². The predicted molar refractivity (Wildman–Crippen MR) is 96.4 cm³/mol. The fraction of sp³-hybridized carbons (Fsp3) is 0.895. The lowest BCUT2D eigenvalue weighted by Crippen LogP contribution is -2.45. The van der Waals surface area contributed by atoms with E-state index in [2.05, 4.69) is 53.0 Å². The molecule has 0 spiro atoms. The van der Waals surface area contributed by atoms with Crippen LogP contribution in [0.25, 0.3) is 0 Å². The standard InChI is InChI=1S/C19H34F2OSi/c1-14(2)23(15(3)4,16(5)6)13-12-19(20,21)18(22)17-10-8-7-9-11-17/h14-18,22H,7-11H2,1-6H3. The Bertz CT molecular complexity index is 407. The number of hydrogen-bond donors (Lipinski definition) is 1. The SMILES string of the molecule is CC(C)[Si](C#CC(F)(F)C(O)C1CCCCC1)(C(C)C)C(C)C. The van der Waals surface area contributed by atoms with Crippen LogP contribution < -0.4 is 0 Å². The quantitative estimate of drug-likeness (QED) is 0.495. The summed E-state index contributed by atoms with van der Waals surface area (Å²) in [6.45, 7) is 12.6. The van der Waals surface area contributed by atoms with Crippen molar-refractivity contribution in [1.29, 1.82) is 0 Å². The molecule has 0 saturated heterocycles. The molecule has 0 amide bonds. The first kappa shape index (κ1) is 20.6. The molecular formula is C19H34F2OSi. The Morgan fingerprint density at radius 3 is 1.74 bits per heavy atom. The molecule has 1 unspecified atom stereocenters. The molecule has 134 valence electrons. The van der Waals surface area contributed by atoms with E-state index < -0.39 is 20.1 Å². The molecule has 4 heteroatoms. The smallest absolute Gasteiger partial charge is 0.333 e. The molecule has 1 fully saturated rings. The van der Waals surface area contributed by atoms with Gasteiger partial charge in [-0.1, -0.05) is 60.8 Å². The third-order valence-corrected chi connectivity index (χ3v) is 12.1.